The molecule has 0 unspecified atom stereocenters. The number of benzene rings is 2. The van der Waals surface area contributed by atoms with Crippen LogP contribution in [0, 0.1) is 0 Å². The van der Waals surface area contributed by atoms with Crippen molar-refractivity contribution >= 4 is 22.5 Å². The molecule has 0 bridgehead atoms. The highest BCUT2D eigenvalue weighted by atomic mass is 15.2. The SMILES string of the molecule is CN(C)CCc1ccccc1Nc1ncnc2[nH]nc(-c3ccccc3)c12. The molecule has 6 heteroatoms. The van der Waals surface area contributed by atoms with Crippen LogP contribution in [0.25, 0.3) is 22.3 Å². The van der Waals surface area contributed by atoms with Crippen LogP contribution in [0.1, 0.15) is 5.56 Å². The summed E-state index contributed by atoms with van der Waals surface area (Å²) in [6.07, 6.45) is 2.52. The molecule has 27 heavy (non-hydrogen) atoms. The third kappa shape index (κ3) is 3.66. The van der Waals surface area contributed by atoms with Crippen LogP contribution >= 0.6 is 0 Å². The number of fused-ring (bicyclic) bond motifs is 1. The first-order chi connectivity index (χ1) is 13.2. The second kappa shape index (κ2) is 7.55. The highest BCUT2D eigenvalue weighted by Crippen LogP contribution is 2.32. The zero-order chi connectivity index (χ0) is 18.6. The topological polar surface area (TPSA) is 69.7 Å². The fourth-order valence-corrected chi connectivity index (χ4v) is 3.09. The molecule has 136 valence electrons. The average molecular weight is 358 g/mol. The van der Waals surface area contributed by atoms with E-state index in [1.54, 1.807) is 6.33 Å². The number of para-hydroxylation sites is 1. The lowest BCUT2D eigenvalue weighted by Gasteiger charge is -2.14. The van der Waals surface area contributed by atoms with Crippen molar-refractivity contribution in [2.24, 2.45) is 0 Å². The molecule has 0 atom stereocenters. The summed E-state index contributed by atoms with van der Waals surface area (Å²) in [6, 6.07) is 18.4. The second-order valence-corrected chi connectivity index (χ2v) is 6.72. The van der Waals surface area contributed by atoms with Crippen molar-refractivity contribution in [3.63, 3.8) is 0 Å². The third-order valence-electron chi connectivity index (χ3n) is 4.50. The Morgan fingerprint density at radius 3 is 2.56 bits per heavy atom. The van der Waals surface area contributed by atoms with Crippen LogP contribution in [0.3, 0.4) is 0 Å². The van der Waals surface area contributed by atoms with Gasteiger partial charge in [0.25, 0.3) is 0 Å². The van der Waals surface area contributed by atoms with Gasteiger partial charge in [0.2, 0.25) is 0 Å². The predicted octanol–water partition coefficient (Wildman–Crippen LogP) is 3.87. The molecule has 2 aromatic heterocycles. The minimum Gasteiger partial charge on any atom is -0.339 e. The quantitative estimate of drug-likeness (QED) is 0.548. The van der Waals surface area contributed by atoms with Gasteiger partial charge in [-0.2, -0.15) is 5.10 Å². The smallest absolute Gasteiger partial charge is 0.161 e. The van der Waals surface area contributed by atoms with Crippen molar-refractivity contribution in [2.75, 3.05) is 26.0 Å². The van der Waals surface area contributed by atoms with Crippen LogP contribution < -0.4 is 5.32 Å². The Balaban J connectivity index is 1.74. The van der Waals surface area contributed by atoms with Gasteiger partial charge in [0.05, 0.1) is 5.39 Å². The lowest BCUT2D eigenvalue weighted by molar-refractivity contribution is 0.414. The van der Waals surface area contributed by atoms with E-state index < -0.39 is 0 Å². The van der Waals surface area contributed by atoms with Gasteiger partial charge in [-0.25, -0.2) is 9.97 Å². The maximum atomic E-state index is 4.50. The molecule has 0 aliphatic carbocycles. The number of hydrogen-bond donors (Lipinski definition) is 2. The van der Waals surface area contributed by atoms with Gasteiger partial charge in [-0.1, -0.05) is 48.5 Å². The Hall–Kier alpha value is -3.25. The average Bonchev–Trinajstić information content (AvgIpc) is 3.13. The Kier molecular flexibility index (Phi) is 4.80. The number of hydrogen-bond acceptors (Lipinski definition) is 5. The summed E-state index contributed by atoms with van der Waals surface area (Å²) in [7, 11) is 4.17. The summed E-state index contributed by atoms with van der Waals surface area (Å²) in [5, 5.41) is 11.9. The number of aromatic amines is 1. The minimum absolute atomic E-state index is 0.720. The summed E-state index contributed by atoms with van der Waals surface area (Å²) in [5.74, 6) is 0.755. The van der Waals surface area contributed by atoms with Crippen molar-refractivity contribution in [1.29, 1.82) is 0 Å². The number of H-pyrrole nitrogens is 1. The molecule has 0 amide bonds. The molecule has 2 aromatic carbocycles. The molecule has 6 nitrogen and oxygen atoms in total. The standard InChI is InChI=1S/C21H22N6/c1-27(2)13-12-15-8-6-7-11-17(15)24-20-18-19(16-9-4-3-5-10-16)25-26-21(18)23-14-22-20/h3-11,14H,12-13H2,1-2H3,(H2,22,23,24,25,26). The van der Waals surface area contributed by atoms with E-state index in [0.29, 0.717) is 0 Å². The molecule has 0 aliphatic rings. The van der Waals surface area contributed by atoms with Crippen LogP contribution in [0.5, 0.6) is 0 Å². The molecule has 2 N–H and O–H groups in total. The lowest BCUT2D eigenvalue weighted by Crippen LogP contribution is -2.15. The van der Waals surface area contributed by atoms with Crippen molar-refractivity contribution in [2.45, 2.75) is 6.42 Å². The molecular formula is C21H22N6. The van der Waals surface area contributed by atoms with Crippen LogP contribution in [-0.2, 0) is 6.42 Å². The Bertz CT molecular complexity index is 1040. The summed E-state index contributed by atoms with van der Waals surface area (Å²) >= 11 is 0. The molecule has 4 rings (SSSR count). The molecule has 0 spiro atoms. The fourth-order valence-electron chi connectivity index (χ4n) is 3.09. The van der Waals surface area contributed by atoms with E-state index in [2.05, 4.69) is 62.7 Å². The van der Waals surface area contributed by atoms with E-state index in [-0.39, 0.29) is 0 Å². The Morgan fingerprint density at radius 1 is 0.963 bits per heavy atom. The predicted molar refractivity (Wildman–Crippen MR) is 109 cm³/mol. The second-order valence-electron chi connectivity index (χ2n) is 6.72. The van der Waals surface area contributed by atoms with E-state index in [1.807, 2.05) is 36.4 Å². The van der Waals surface area contributed by atoms with E-state index in [4.69, 9.17) is 0 Å². The first-order valence-corrected chi connectivity index (χ1v) is 8.96. The summed E-state index contributed by atoms with van der Waals surface area (Å²) < 4.78 is 0. The first-order valence-electron chi connectivity index (χ1n) is 8.96. The number of nitrogens with one attached hydrogen (secondary N) is 2. The van der Waals surface area contributed by atoms with Crippen LogP contribution in [-0.4, -0.2) is 45.7 Å². The Labute approximate surface area is 158 Å². The summed E-state index contributed by atoms with van der Waals surface area (Å²) in [5.41, 5.74) is 4.90. The molecule has 0 aliphatic heterocycles. The maximum absolute atomic E-state index is 4.50. The number of nitrogens with zero attached hydrogens (tertiary/aromatic N) is 4. The van der Waals surface area contributed by atoms with Gasteiger partial charge in [-0.3, -0.25) is 5.10 Å². The molecule has 0 saturated carbocycles. The Morgan fingerprint density at radius 2 is 1.74 bits per heavy atom. The highest BCUT2D eigenvalue weighted by molar-refractivity contribution is 5.99. The van der Waals surface area contributed by atoms with Gasteiger partial charge in [0.15, 0.2) is 5.65 Å². The normalized spacial score (nSPS) is 11.2. The van der Waals surface area contributed by atoms with E-state index >= 15 is 0 Å². The van der Waals surface area contributed by atoms with E-state index in [9.17, 15) is 0 Å². The number of rotatable bonds is 6. The third-order valence-corrected chi connectivity index (χ3v) is 4.50. The zero-order valence-electron chi connectivity index (χ0n) is 15.5. The number of anilines is 2. The van der Waals surface area contributed by atoms with Crippen molar-refractivity contribution < 1.29 is 0 Å². The maximum Gasteiger partial charge on any atom is 0.161 e. The lowest BCUT2D eigenvalue weighted by atomic mass is 10.1. The minimum atomic E-state index is 0.720. The van der Waals surface area contributed by atoms with Crippen molar-refractivity contribution in [3.8, 4) is 11.3 Å². The van der Waals surface area contributed by atoms with E-state index in [1.165, 1.54) is 5.56 Å². The fraction of sp³-hybridized carbons (Fsp3) is 0.190. The number of likely N-dealkylation sites (N-methyl/N-ethyl adjacent to an activating group) is 1. The molecule has 0 radical (unpaired) electrons. The van der Waals surface area contributed by atoms with Crippen molar-refractivity contribution in [1.82, 2.24) is 25.1 Å². The zero-order valence-corrected chi connectivity index (χ0v) is 15.5. The molecule has 2 heterocycles. The first kappa shape index (κ1) is 17.2. The highest BCUT2D eigenvalue weighted by Gasteiger charge is 2.15. The summed E-state index contributed by atoms with van der Waals surface area (Å²) in [4.78, 5) is 11.0. The van der Waals surface area contributed by atoms with Crippen LogP contribution in [0.4, 0.5) is 11.5 Å². The summed E-state index contributed by atoms with van der Waals surface area (Å²) in [6.45, 7) is 0.985. The van der Waals surface area contributed by atoms with Gasteiger partial charge in [-0.05, 0) is 32.1 Å². The van der Waals surface area contributed by atoms with E-state index in [0.717, 1.165) is 46.8 Å². The molecule has 0 fully saturated rings. The van der Waals surface area contributed by atoms with Gasteiger partial charge < -0.3 is 10.2 Å². The van der Waals surface area contributed by atoms with Crippen LogP contribution in [0.15, 0.2) is 60.9 Å². The van der Waals surface area contributed by atoms with Crippen LogP contribution in [0.2, 0.25) is 0 Å². The largest absolute Gasteiger partial charge is 0.339 e. The molecular weight excluding hydrogens is 336 g/mol. The molecule has 4 aromatic rings. The monoisotopic (exact) mass is 358 g/mol. The molecule has 0 saturated heterocycles. The number of aromatic nitrogens is 4. The van der Waals surface area contributed by atoms with Crippen molar-refractivity contribution in [3.05, 3.63) is 66.5 Å². The van der Waals surface area contributed by atoms with Gasteiger partial charge in [0.1, 0.15) is 17.8 Å². The van der Waals surface area contributed by atoms with Gasteiger partial charge in [0, 0.05) is 17.8 Å². The van der Waals surface area contributed by atoms with Gasteiger partial charge in [-0.15, -0.1) is 0 Å². The van der Waals surface area contributed by atoms with Gasteiger partial charge >= 0.3 is 0 Å².